The Balaban J connectivity index is 1.57. The monoisotopic (exact) mass is 294 g/mol. The number of ether oxygens (including phenoxy) is 1. The van der Waals surface area contributed by atoms with Gasteiger partial charge in [-0.3, -0.25) is 4.79 Å². The van der Waals surface area contributed by atoms with Crippen molar-refractivity contribution in [3.8, 4) is 5.75 Å². The van der Waals surface area contributed by atoms with Crippen molar-refractivity contribution in [1.82, 2.24) is 5.32 Å². The molecule has 0 aromatic heterocycles. The second kappa shape index (κ2) is 5.62. The van der Waals surface area contributed by atoms with Gasteiger partial charge in [-0.1, -0.05) is 11.6 Å². The zero-order valence-corrected chi connectivity index (χ0v) is 12.0. The second-order valence-electron chi connectivity index (χ2n) is 5.68. The Labute approximate surface area is 123 Å². The van der Waals surface area contributed by atoms with E-state index in [1.165, 1.54) is 0 Å². The molecule has 1 aliphatic carbocycles. The number of amides is 1. The molecule has 1 atom stereocenters. The fourth-order valence-corrected chi connectivity index (χ4v) is 3.12. The van der Waals surface area contributed by atoms with E-state index in [4.69, 9.17) is 22.1 Å². The highest BCUT2D eigenvalue weighted by molar-refractivity contribution is 6.30. The summed E-state index contributed by atoms with van der Waals surface area (Å²) >= 11 is 5.95. The van der Waals surface area contributed by atoms with Gasteiger partial charge in [0.2, 0.25) is 0 Å². The number of rotatable bonds is 2. The number of hydrogen-bond donors (Lipinski definition) is 2. The van der Waals surface area contributed by atoms with Gasteiger partial charge in [-0.2, -0.15) is 0 Å². The van der Waals surface area contributed by atoms with Crippen molar-refractivity contribution in [2.75, 3.05) is 0 Å². The van der Waals surface area contributed by atoms with Gasteiger partial charge in [0.1, 0.15) is 5.75 Å². The number of benzene rings is 1. The topological polar surface area (TPSA) is 64.3 Å². The number of nitrogens with two attached hydrogens (primary N) is 1. The van der Waals surface area contributed by atoms with Crippen molar-refractivity contribution < 1.29 is 9.53 Å². The van der Waals surface area contributed by atoms with Crippen LogP contribution in [0.4, 0.5) is 0 Å². The van der Waals surface area contributed by atoms with E-state index in [9.17, 15) is 4.79 Å². The van der Waals surface area contributed by atoms with Gasteiger partial charge in [0.25, 0.3) is 5.91 Å². The highest BCUT2D eigenvalue weighted by Crippen LogP contribution is 2.31. The third-order valence-corrected chi connectivity index (χ3v) is 4.34. The standard InChI is InChI=1S/C15H19ClN2O2/c16-10-1-6-13-9(7-10)8-14(20-13)15(19)18-12-4-2-11(17)3-5-12/h1,6-7,11-12,14H,2-5,8,17H2,(H,18,19)/t11-,12-,14?. The van der Waals surface area contributed by atoms with Gasteiger partial charge < -0.3 is 15.8 Å². The van der Waals surface area contributed by atoms with Crippen LogP contribution in [-0.4, -0.2) is 24.1 Å². The van der Waals surface area contributed by atoms with Crippen LogP contribution >= 0.6 is 11.6 Å². The lowest BCUT2D eigenvalue weighted by Gasteiger charge is -2.27. The van der Waals surface area contributed by atoms with Crippen LogP contribution in [0.2, 0.25) is 5.02 Å². The zero-order valence-electron chi connectivity index (χ0n) is 11.3. The maximum atomic E-state index is 12.2. The Morgan fingerprint density at radius 3 is 2.80 bits per heavy atom. The van der Waals surface area contributed by atoms with Gasteiger partial charge >= 0.3 is 0 Å². The van der Waals surface area contributed by atoms with Gasteiger partial charge in [-0.05, 0) is 49.4 Å². The molecular weight excluding hydrogens is 276 g/mol. The Morgan fingerprint density at radius 2 is 2.05 bits per heavy atom. The maximum Gasteiger partial charge on any atom is 0.261 e. The average molecular weight is 295 g/mol. The SMILES string of the molecule is N[C@H]1CC[C@H](NC(=O)C2Cc3cc(Cl)ccc3O2)CC1. The Bertz CT molecular complexity index is 513. The molecule has 0 saturated heterocycles. The average Bonchev–Trinajstić information content (AvgIpc) is 2.84. The van der Waals surface area contributed by atoms with Crippen LogP contribution in [0, 0.1) is 0 Å². The molecule has 1 saturated carbocycles. The lowest BCUT2D eigenvalue weighted by Crippen LogP contribution is -2.45. The lowest BCUT2D eigenvalue weighted by molar-refractivity contribution is -0.128. The first-order chi connectivity index (χ1) is 9.61. The van der Waals surface area contributed by atoms with Crippen molar-refractivity contribution in [3.63, 3.8) is 0 Å². The van der Waals surface area contributed by atoms with E-state index in [1.807, 2.05) is 12.1 Å². The summed E-state index contributed by atoms with van der Waals surface area (Å²) in [4.78, 5) is 12.2. The number of carbonyl (C=O) groups excluding carboxylic acids is 1. The summed E-state index contributed by atoms with van der Waals surface area (Å²) in [5.74, 6) is 0.734. The van der Waals surface area contributed by atoms with E-state index in [0.29, 0.717) is 11.4 Å². The molecule has 5 heteroatoms. The van der Waals surface area contributed by atoms with E-state index in [0.717, 1.165) is 37.0 Å². The Kier molecular flexibility index (Phi) is 3.85. The van der Waals surface area contributed by atoms with Crippen LogP contribution in [0.15, 0.2) is 18.2 Å². The van der Waals surface area contributed by atoms with Gasteiger partial charge in [-0.15, -0.1) is 0 Å². The van der Waals surface area contributed by atoms with E-state index in [-0.39, 0.29) is 18.0 Å². The molecule has 1 fully saturated rings. The van der Waals surface area contributed by atoms with Gasteiger partial charge in [0, 0.05) is 23.5 Å². The summed E-state index contributed by atoms with van der Waals surface area (Å²) in [7, 11) is 0. The van der Waals surface area contributed by atoms with E-state index < -0.39 is 6.10 Å². The fraction of sp³-hybridized carbons (Fsp3) is 0.533. The van der Waals surface area contributed by atoms with Crippen LogP contribution in [0.25, 0.3) is 0 Å². The third kappa shape index (κ3) is 2.91. The lowest BCUT2D eigenvalue weighted by atomic mass is 9.91. The molecule has 108 valence electrons. The number of halogens is 1. The van der Waals surface area contributed by atoms with E-state index >= 15 is 0 Å². The first kappa shape index (κ1) is 13.7. The summed E-state index contributed by atoms with van der Waals surface area (Å²) in [5, 5.41) is 3.75. The molecular formula is C15H19ClN2O2. The summed E-state index contributed by atoms with van der Waals surface area (Å²) in [5.41, 5.74) is 6.87. The zero-order chi connectivity index (χ0) is 14.1. The van der Waals surface area contributed by atoms with Crippen molar-refractivity contribution in [3.05, 3.63) is 28.8 Å². The molecule has 1 aromatic carbocycles. The summed E-state index contributed by atoms with van der Waals surface area (Å²) < 4.78 is 5.69. The van der Waals surface area contributed by atoms with E-state index in [2.05, 4.69) is 5.32 Å². The third-order valence-electron chi connectivity index (χ3n) is 4.11. The number of nitrogens with one attached hydrogen (secondary N) is 1. The number of fused-ring (bicyclic) bond motifs is 1. The predicted molar refractivity (Wildman–Crippen MR) is 77.9 cm³/mol. The highest BCUT2D eigenvalue weighted by Gasteiger charge is 2.31. The van der Waals surface area contributed by atoms with Crippen molar-refractivity contribution in [2.45, 2.75) is 50.3 Å². The molecule has 1 amide bonds. The molecule has 1 heterocycles. The molecule has 2 aliphatic rings. The number of hydrogen-bond acceptors (Lipinski definition) is 3. The molecule has 3 N–H and O–H groups in total. The largest absolute Gasteiger partial charge is 0.480 e. The van der Waals surface area contributed by atoms with Crippen molar-refractivity contribution >= 4 is 17.5 Å². The fourth-order valence-electron chi connectivity index (χ4n) is 2.92. The molecule has 20 heavy (non-hydrogen) atoms. The summed E-state index contributed by atoms with van der Waals surface area (Å²) in [6.45, 7) is 0. The molecule has 0 spiro atoms. The molecule has 0 radical (unpaired) electrons. The van der Waals surface area contributed by atoms with Gasteiger partial charge in [0.15, 0.2) is 6.10 Å². The molecule has 0 bridgehead atoms. The summed E-state index contributed by atoms with van der Waals surface area (Å²) in [6.07, 6.45) is 4.03. The van der Waals surface area contributed by atoms with Crippen LogP contribution in [0.3, 0.4) is 0 Å². The number of carbonyl (C=O) groups is 1. The first-order valence-electron chi connectivity index (χ1n) is 7.13. The Morgan fingerprint density at radius 1 is 1.30 bits per heavy atom. The molecule has 1 unspecified atom stereocenters. The smallest absolute Gasteiger partial charge is 0.261 e. The molecule has 4 nitrogen and oxygen atoms in total. The summed E-state index contributed by atoms with van der Waals surface area (Å²) in [6, 6.07) is 5.99. The van der Waals surface area contributed by atoms with Gasteiger partial charge in [0.05, 0.1) is 0 Å². The maximum absolute atomic E-state index is 12.2. The minimum atomic E-state index is -0.431. The van der Waals surface area contributed by atoms with Crippen LogP contribution in [0.1, 0.15) is 31.2 Å². The minimum absolute atomic E-state index is 0.0298. The van der Waals surface area contributed by atoms with Crippen LogP contribution in [0.5, 0.6) is 5.75 Å². The second-order valence-corrected chi connectivity index (χ2v) is 6.12. The highest BCUT2D eigenvalue weighted by atomic mass is 35.5. The molecule has 1 aliphatic heterocycles. The van der Waals surface area contributed by atoms with Crippen LogP contribution < -0.4 is 15.8 Å². The van der Waals surface area contributed by atoms with Gasteiger partial charge in [-0.25, -0.2) is 0 Å². The molecule has 3 rings (SSSR count). The Hall–Kier alpha value is -1.26. The first-order valence-corrected chi connectivity index (χ1v) is 7.50. The molecule has 1 aromatic rings. The quantitative estimate of drug-likeness (QED) is 0.877. The van der Waals surface area contributed by atoms with E-state index in [1.54, 1.807) is 6.07 Å². The minimum Gasteiger partial charge on any atom is -0.480 e. The van der Waals surface area contributed by atoms with Crippen LogP contribution in [-0.2, 0) is 11.2 Å². The van der Waals surface area contributed by atoms with Crippen molar-refractivity contribution in [2.24, 2.45) is 5.73 Å². The van der Waals surface area contributed by atoms with Crippen molar-refractivity contribution in [1.29, 1.82) is 0 Å². The normalized spacial score (nSPS) is 28.6. The predicted octanol–water partition coefficient (Wildman–Crippen LogP) is 2.03.